The van der Waals surface area contributed by atoms with Gasteiger partial charge < -0.3 is 4.57 Å². The van der Waals surface area contributed by atoms with Gasteiger partial charge in [0.15, 0.2) is 11.4 Å². The van der Waals surface area contributed by atoms with Gasteiger partial charge in [0.1, 0.15) is 5.82 Å². The van der Waals surface area contributed by atoms with Crippen LogP contribution in [-0.2, 0) is 0 Å². The molecule has 7 aromatic carbocycles. The van der Waals surface area contributed by atoms with Crippen molar-refractivity contribution in [3.05, 3.63) is 197 Å². The van der Waals surface area contributed by atoms with Gasteiger partial charge in [0, 0.05) is 38.2 Å². The molecule has 8 heteroatoms. The lowest BCUT2D eigenvalue weighted by Crippen LogP contribution is -2.03. The highest BCUT2D eigenvalue weighted by atomic mass is 15.1. The van der Waals surface area contributed by atoms with Crippen molar-refractivity contribution in [2.45, 2.75) is 0 Å². The van der Waals surface area contributed by atoms with E-state index in [1.807, 2.05) is 85.1 Å². The van der Waals surface area contributed by atoms with Crippen LogP contribution in [0.25, 0.3) is 98.2 Å². The molecule has 0 aliphatic rings. The Morgan fingerprint density at radius 3 is 1.52 bits per heavy atom. The summed E-state index contributed by atoms with van der Waals surface area (Å²) in [6.45, 7) is 15.2. The van der Waals surface area contributed by atoms with E-state index < -0.39 is 0 Å². The Bertz CT molecular complexity index is 3620. The highest BCUT2D eigenvalue weighted by Gasteiger charge is 2.21. The molecule has 0 radical (unpaired) electrons. The van der Waals surface area contributed by atoms with Crippen LogP contribution in [0.4, 0.5) is 11.4 Å². The molecule has 0 unspecified atom stereocenters. The molecule has 10 aromatic rings. The van der Waals surface area contributed by atoms with Gasteiger partial charge in [-0.1, -0.05) is 60.7 Å². The van der Waals surface area contributed by atoms with Crippen LogP contribution in [0.2, 0.25) is 0 Å². The van der Waals surface area contributed by atoms with Crippen LogP contribution in [-0.4, -0.2) is 14.1 Å². The molecule has 0 bridgehead atoms. The SMILES string of the molecule is [C-]#[N+]c1cc(C#N)cc(-c2ccc3c(c2)c2ccccc2n3-c2cc(-c3cccc(C#N)c3)c(-n3c4ccccc4c4cc(-c5cc(C#N)cc([N+]#[C-])c5)ccc43)cn2)c1. The average molecular weight is 763 g/mol. The fourth-order valence-electron chi connectivity index (χ4n) is 8.35. The number of para-hydroxylation sites is 2. The number of hydrogen-bond acceptors (Lipinski definition) is 4. The number of nitriles is 3. The molecule has 10 rings (SSSR count). The molecule has 0 spiro atoms. The van der Waals surface area contributed by atoms with Crippen LogP contribution in [0.15, 0.2) is 158 Å². The predicted octanol–water partition coefficient (Wildman–Crippen LogP) is 13.0. The predicted molar refractivity (Wildman–Crippen MR) is 236 cm³/mol. The molecular formula is C52H26N8. The van der Waals surface area contributed by atoms with Crippen LogP contribution in [0.3, 0.4) is 0 Å². The Morgan fingerprint density at radius 2 is 0.950 bits per heavy atom. The second-order valence-electron chi connectivity index (χ2n) is 14.4. The molecular weight excluding hydrogens is 737 g/mol. The highest BCUT2D eigenvalue weighted by molar-refractivity contribution is 6.12. The van der Waals surface area contributed by atoms with Gasteiger partial charge in [0.05, 0.1) is 70.9 Å². The summed E-state index contributed by atoms with van der Waals surface area (Å²) in [4.78, 5) is 12.4. The number of pyridine rings is 1. The highest BCUT2D eigenvalue weighted by Crippen LogP contribution is 2.41. The summed E-state index contributed by atoms with van der Waals surface area (Å²) < 4.78 is 4.36. The molecule has 0 fully saturated rings. The smallest absolute Gasteiger partial charge is 0.189 e. The molecule has 0 aliphatic heterocycles. The fraction of sp³-hybridized carbons (Fsp3) is 0. The van der Waals surface area contributed by atoms with Crippen molar-refractivity contribution in [3.63, 3.8) is 0 Å². The lowest BCUT2D eigenvalue weighted by Gasteiger charge is -2.17. The quantitative estimate of drug-likeness (QED) is 0.163. The number of aromatic nitrogens is 3. The van der Waals surface area contributed by atoms with Crippen LogP contribution >= 0.6 is 0 Å². The maximum atomic E-state index is 10.00. The van der Waals surface area contributed by atoms with Gasteiger partial charge in [0.25, 0.3) is 0 Å². The zero-order valence-corrected chi connectivity index (χ0v) is 31.6. The third-order valence-corrected chi connectivity index (χ3v) is 11.0. The second kappa shape index (κ2) is 14.0. The Kier molecular flexibility index (Phi) is 8.23. The minimum absolute atomic E-state index is 0.409. The Morgan fingerprint density at radius 1 is 0.433 bits per heavy atom. The van der Waals surface area contributed by atoms with E-state index >= 15 is 0 Å². The van der Waals surface area contributed by atoms with E-state index in [1.165, 1.54) is 0 Å². The zero-order chi connectivity index (χ0) is 40.9. The Balaban J connectivity index is 1.21. The normalized spacial score (nSPS) is 10.9. The zero-order valence-electron chi connectivity index (χ0n) is 31.6. The van der Waals surface area contributed by atoms with Crippen molar-refractivity contribution in [1.82, 2.24) is 14.1 Å². The first kappa shape index (κ1) is 35.2. The molecule has 8 nitrogen and oxygen atoms in total. The molecule has 3 aromatic heterocycles. The van der Waals surface area contributed by atoms with Crippen molar-refractivity contribution < 1.29 is 0 Å². The summed E-state index contributed by atoms with van der Waals surface area (Å²) in [7, 11) is 0. The second-order valence-corrected chi connectivity index (χ2v) is 14.4. The van der Waals surface area contributed by atoms with E-state index in [-0.39, 0.29) is 0 Å². The third-order valence-electron chi connectivity index (χ3n) is 11.0. The minimum Gasteiger partial charge on any atom is -0.307 e. The summed E-state index contributed by atoms with van der Waals surface area (Å²) in [6, 6.07) is 55.6. The first-order valence-corrected chi connectivity index (χ1v) is 18.9. The largest absolute Gasteiger partial charge is 0.307 e. The van der Waals surface area contributed by atoms with E-state index in [1.54, 1.807) is 18.2 Å². The first-order chi connectivity index (χ1) is 29.5. The van der Waals surface area contributed by atoms with Gasteiger partial charge >= 0.3 is 0 Å². The molecule has 60 heavy (non-hydrogen) atoms. The lowest BCUT2D eigenvalue weighted by atomic mass is 10.00. The summed E-state index contributed by atoms with van der Waals surface area (Å²) in [5, 5.41) is 33.4. The summed E-state index contributed by atoms with van der Waals surface area (Å²) in [5.41, 5.74) is 11.9. The van der Waals surface area contributed by atoms with Crippen molar-refractivity contribution in [2.24, 2.45) is 0 Å². The van der Waals surface area contributed by atoms with E-state index in [9.17, 15) is 15.8 Å². The van der Waals surface area contributed by atoms with Crippen molar-refractivity contribution in [1.29, 1.82) is 15.8 Å². The summed E-state index contributed by atoms with van der Waals surface area (Å²) in [6.07, 6.45) is 1.90. The molecule has 0 atom stereocenters. The van der Waals surface area contributed by atoms with Crippen molar-refractivity contribution in [2.75, 3.05) is 0 Å². The van der Waals surface area contributed by atoms with Crippen LogP contribution in [0.5, 0.6) is 0 Å². The summed E-state index contributed by atoms with van der Waals surface area (Å²) in [5.74, 6) is 0.688. The van der Waals surface area contributed by atoms with Gasteiger partial charge in [-0.2, -0.15) is 15.8 Å². The first-order valence-electron chi connectivity index (χ1n) is 18.9. The molecule has 0 amide bonds. The topological polar surface area (TPSA) is 103 Å². The fourth-order valence-corrected chi connectivity index (χ4v) is 8.35. The molecule has 0 saturated heterocycles. The molecule has 0 saturated carbocycles. The number of benzene rings is 7. The minimum atomic E-state index is 0.409. The van der Waals surface area contributed by atoms with E-state index in [2.05, 4.69) is 91.6 Å². The third kappa shape index (κ3) is 5.69. The molecule has 0 N–H and O–H groups in total. The lowest BCUT2D eigenvalue weighted by molar-refractivity contribution is 1.06. The van der Waals surface area contributed by atoms with Crippen LogP contribution < -0.4 is 0 Å². The van der Waals surface area contributed by atoms with E-state index in [0.717, 1.165) is 82.7 Å². The molecule has 274 valence electrons. The number of nitrogens with zero attached hydrogens (tertiary/aromatic N) is 8. The number of hydrogen-bond donors (Lipinski definition) is 0. The van der Waals surface area contributed by atoms with E-state index in [4.69, 9.17) is 18.1 Å². The maximum absolute atomic E-state index is 10.00. The van der Waals surface area contributed by atoms with Crippen LogP contribution in [0, 0.1) is 47.1 Å². The standard InChI is InChI=1S/C52H26N8/c1-56-40-21-33(29-54)19-38(23-40)35-14-16-49-45(25-35)42-10-3-5-12-47(42)59(49)51-31-58-52(27-44(51)37-9-7-8-32(18-37)28-53)60-48-13-6-4-11-43(48)46-26-36(15-17-50(46)60)39-20-34(30-55)22-41(24-39)57-2/h3-27,31H. The average Bonchev–Trinajstić information content (AvgIpc) is 3.83. The number of fused-ring (bicyclic) bond motifs is 6. The van der Waals surface area contributed by atoms with E-state index in [0.29, 0.717) is 33.9 Å². The monoisotopic (exact) mass is 762 g/mol. The van der Waals surface area contributed by atoms with Gasteiger partial charge in [-0.15, -0.1) is 0 Å². The Labute approximate surface area is 344 Å². The van der Waals surface area contributed by atoms with Gasteiger partial charge in [-0.05, 0) is 119 Å². The van der Waals surface area contributed by atoms with Crippen molar-refractivity contribution >= 4 is 55.0 Å². The maximum Gasteiger partial charge on any atom is 0.189 e. The van der Waals surface area contributed by atoms with Gasteiger partial charge in [-0.3, -0.25) is 4.57 Å². The van der Waals surface area contributed by atoms with Crippen LogP contribution in [0.1, 0.15) is 16.7 Å². The van der Waals surface area contributed by atoms with Gasteiger partial charge in [0.2, 0.25) is 0 Å². The molecule has 3 heterocycles. The molecule has 0 aliphatic carbocycles. The van der Waals surface area contributed by atoms with Gasteiger partial charge in [-0.25, -0.2) is 14.7 Å². The summed E-state index contributed by atoms with van der Waals surface area (Å²) >= 11 is 0. The van der Waals surface area contributed by atoms with Crippen molar-refractivity contribution in [3.8, 4) is 63.1 Å². The number of rotatable bonds is 5. The Hall–Kier alpha value is -9.26.